The molecule has 5 nitrogen and oxygen atoms in total. The van der Waals surface area contributed by atoms with Crippen molar-refractivity contribution in [3.63, 3.8) is 0 Å². The number of hydrogen-bond donors (Lipinski definition) is 0. The van der Waals surface area contributed by atoms with Gasteiger partial charge in [-0.15, -0.1) is 11.8 Å². The van der Waals surface area contributed by atoms with Crippen molar-refractivity contribution in [3.05, 3.63) is 33.9 Å². The molecule has 0 aliphatic rings. The Labute approximate surface area is 116 Å². The summed E-state index contributed by atoms with van der Waals surface area (Å²) in [5, 5.41) is 11.2. The van der Waals surface area contributed by atoms with E-state index in [1.807, 2.05) is 20.8 Å². The first-order chi connectivity index (χ1) is 8.86. The molecule has 0 aromatic heterocycles. The zero-order chi connectivity index (χ0) is 14.6. The Kier molecular flexibility index (Phi) is 5.35. The fourth-order valence-electron chi connectivity index (χ4n) is 1.34. The van der Waals surface area contributed by atoms with Gasteiger partial charge in [0, 0.05) is 11.3 Å². The standard InChI is InChI=1S/C13H17NO4S/c1-8(2)9(3)19-12-7-10(13(15)18-4)5-6-11(12)14(16)17/h5-9H,1-4H3. The molecule has 0 aliphatic heterocycles. The second-order valence-corrected chi connectivity index (χ2v) is 5.92. The monoisotopic (exact) mass is 283 g/mol. The minimum atomic E-state index is -0.492. The zero-order valence-corrected chi connectivity index (χ0v) is 12.2. The van der Waals surface area contributed by atoms with E-state index >= 15 is 0 Å². The first-order valence-electron chi connectivity index (χ1n) is 5.90. The highest BCUT2D eigenvalue weighted by atomic mass is 32.2. The van der Waals surface area contributed by atoms with Crippen molar-refractivity contribution in [2.24, 2.45) is 5.92 Å². The summed E-state index contributed by atoms with van der Waals surface area (Å²) in [7, 11) is 1.29. The van der Waals surface area contributed by atoms with Gasteiger partial charge in [-0.25, -0.2) is 4.79 Å². The predicted molar refractivity (Wildman–Crippen MR) is 74.6 cm³/mol. The van der Waals surface area contributed by atoms with Crippen molar-refractivity contribution in [2.75, 3.05) is 7.11 Å². The molecule has 1 aromatic carbocycles. The van der Waals surface area contributed by atoms with Crippen LogP contribution in [0.5, 0.6) is 0 Å². The van der Waals surface area contributed by atoms with E-state index in [1.54, 1.807) is 0 Å². The van der Waals surface area contributed by atoms with Crippen LogP contribution in [-0.4, -0.2) is 23.3 Å². The summed E-state index contributed by atoms with van der Waals surface area (Å²) in [6.45, 7) is 6.10. The maximum Gasteiger partial charge on any atom is 0.337 e. The van der Waals surface area contributed by atoms with Gasteiger partial charge in [-0.2, -0.15) is 0 Å². The number of benzene rings is 1. The van der Waals surface area contributed by atoms with Crippen molar-refractivity contribution in [2.45, 2.75) is 30.9 Å². The molecule has 19 heavy (non-hydrogen) atoms. The second kappa shape index (κ2) is 6.56. The summed E-state index contributed by atoms with van der Waals surface area (Å²) in [6, 6.07) is 4.28. The third-order valence-corrected chi connectivity index (χ3v) is 4.33. The molecule has 0 saturated heterocycles. The van der Waals surface area contributed by atoms with Crippen molar-refractivity contribution < 1.29 is 14.5 Å². The van der Waals surface area contributed by atoms with Gasteiger partial charge in [0.05, 0.1) is 22.5 Å². The van der Waals surface area contributed by atoms with Crippen LogP contribution < -0.4 is 0 Å². The summed E-state index contributed by atoms with van der Waals surface area (Å²) >= 11 is 1.40. The molecule has 1 rings (SSSR count). The second-order valence-electron chi connectivity index (χ2n) is 4.50. The Hall–Kier alpha value is -1.56. The molecule has 0 bridgehead atoms. The van der Waals surface area contributed by atoms with E-state index in [-0.39, 0.29) is 10.9 Å². The number of rotatable bonds is 5. The number of thioether (sulfide) groups is 1. The lowest BCUT2D eigenvalue weighted by molar-refractivity contribution is -0.387. The molecular weight excluding hydrogens is 266 g/mol. The average Bonchev–Trinajstić information content (AvgIpc) is 2.37. The number of esters is 1. The van der Waals surface area contributed by atoms with Gasteiger partial charge >= 0.3 is 5.97 Å². The summed E-state index contributed by atoms with van der Waals surface area (Å²) in [4.78, 5) is 22.5. The van der Waals surface area contributed by atoms with Crippen LogP contribution in [0.4, 0.5) is 5.69 Å². The largest absolute Gasteiger partial charge is 0.465 e. The van der Waals surface area contributed by atoms with Crippen LogP contribution in [0, 0.1) is 16.0 Å². The molecule has 0 spiro atoms. The molecule has 0 aliphatic carbocycles. The van der Waals surface area contributed by atoms with E-state index in [0.29, 0.717) is 16.4 Å². The van der Waals surface area contributed by atoms with E-state index in [2.05, 4.69) is 4.74 Å². The molecule has 0 radical (unpaired) electrons. The molecule has 0 fully saturated rings. The topological polar surface area (TPSA) is 69.4 Å². The molecule has 1 unspecified atom stereocenters. The van der Waals surface area contributed by atoms with Crippen LogP contribution in [-0.2, 0) is 4.74 Å². The Balaban J connectivity index is 3.15. The van der Waals surface area contributed by atoms with Crippen LogP contribution in [0.15, 0.2) is 23.1 Å². The lowest BCUT2D eigenvalue weighted by Gasteiger charge is -2.15. The molecule has 0 heterocycles. The van der Waals surface area contributed by atoms with Crippen LogP contribution >= 0.6 is 11.8 Å². The van der Waals surface area contributed by atoms with Gasteiger partial charge < -0.3 is 4.74 Å². The molecule has 1 atom stereocenters. The number of carbonyl (C=O) groups is 1. The van der Waals surface area contributed by atoms with Crippen molar-refractivity contribution in [1.82, 2.24) is 0 Å². The summed E-state index contributed by atoms with van der Waals surface area (Å²) in [5.41, 5.74) is 0.344. The maximum atomic E-state index is 11.5. The van der Waals surface area contributed by atoms with Crippen molar-refractivity contribution >= 4 is 23.4 Å². The van der Waals surface area contributed by atoms with Crippen LogP contribution in [0.25, 0.3) is 0 Å². The van der Waals surface area contributed by atoms with Gasteiger partial charge in [-0.3, -0.25) is 10.1 Å². The summed E-state index contributed by atoms with van der Waals surface area (Å²) < 4.78 is 4.63. The average molecular weight is 283 g/mol. The predicted octanol–water partition coefficient (Wildman–Crippen LogP) is 3.52. The summed E-state index contributed by atoms with van der Waals surface area (Å²) in [5.74, 6) is -0.111. The third-order valence-electron chi connectivity index (χ3n) is 2.83. The van der Waals surface area contributed by atoms with Gasteiger partial charge in [0.1, 0.15) is 0 Å². The first-order valence-corrected chi connectivity index (χ1v) is 6.78. The van der Waals surface area contributed by atoms with Crippen LogP contribution in [0.3, 0.4) is 0 Å². The number of carbonyl (C=O) groups excluding carboxylic acids is 1. The van der Waals surface area contributed by atoms with Gasteiger partial charge in [0.25, 0.3) is 5.69 Å². The number of methoxy groups -OCH3 is 1. The lowest BCUT2D eigenvalue weighted by Crippen LogP contribution is -2.07. The van der Waals surface area contributed by atoms with Crippen molar-refractivity contribution in [1.29, 1.82) is 0 Å². The van der Waals surface area contributed by atoms with Crippen LogP contribution in [0.2, 0.25) is 0 Å². The Morgan fingerprint density at radius 3 is 2.47 bits per heavy atom. The van der Waals surface area contributed by atoms with Gasteiger partial charge in [0.2, 0.25) is 0 Å². The molecule has 104 valence electrons. The highest BCUT2D eigenvalue weighted by Gasteiger charge is 2.20. The third kappa shape index (κ3) is 3.96. The minimum absolute atomic E-state index is 0.0187. The van der Waals surface area contributed by atoms with E-state index in [9.17, 15) is 14.9 Å². The summed E-state index contributed by atoms with van der Waals surface area (Å²) in [6.07, 6.45) is 0. The number of nitrogens with zero attached hydrogens (tertiary/aromatic N) is 1. The van der Waals surface area contributed by atoms with E-state index < -0.39 is 10.9 Å². The maximum absolute atomic E-state index is 11.5. The number of nitro benzene ring substituents is 1. The van der Waals surface area contributed by atoms with E-state index in [1.165, 1.54) is 37.1 Å². The highest BCUT2D eigenvalue weighted by Crippen LogP contribution is 2.35. The minimum Gasteiger partial charge on any atom is -0.465 e. The van der Waals surface area contributed by atoms with Gasteiger partial charge in [-0.1, -0.05) is 20.8 Å². The lowest BCUT2D eigenvalue weighted by atomic mass is 10.2. The van der Waals surface area contributed by atoms with Gasteiger partial charge in [-0.05, 0) is 18.1 Å². The van der Waals surface area contributed by atoms with Crippen molar-refractivity contribution in [3.8, 4) is 0 Å². The first kappa shape index (κ1) is 15.5. The fraction of sp³-hybridized carbons (Fsp3) is 0.462. The highest BCUT2D eigenvalue weighted by molar-refractivity contribution is 8.00. The van der Waals surface area contributed by atoms with E-state index in [0.717, 1.165) is 0 Å². The molecule has 0 saturated carbocycles. The Bertz CT molecular complexity index is 488. The van der Waals surface area contributed by atoms with E-state index in [4.69, 9.17) is 0 Å². The Morgan fingerprint density at radius 1 is 1.37 bits per heavy atom. The normalized spacial score (nSPS) is 12.3. The number of hydrogen-bond acceptors (Lipinski definition) is 5. The fourth-order valence-corrected chi connectivity index (χ4v) is 2.47. The molecule has 1 aromatic rings. The molecule has 0 amide bonds. The smallest absolute Gasteiger partial charge is 0.337 e. The number of nitro groups is 1. The quantitative estimate of drug-likeness (QED) is 0.358. The Morgan fingerprint density at radius 2 is 2.00 bits per heavy atom. The SMILES string of the molecule is COC(=O)c1ccc([N+](=O)[O-])c(SC(C)C(C)C)c1. The molecular formula is C13H17NO4S. The molecule has 0 N–H and O–H groups in total. The zero-order valence-electron chi connectivity index (χ0n) is 11.4. The van der Waals surface area contributed by atoms with Crippen LogP contribution in [0.1, 0.15) is 31.1 Å². The molecule has 6 heteroatoms. The number of ether oxygens (including phenoxy) is 1. The van der Waals surface area contributed by atoms with Gasteiger partial charge in [0.15, 0.2) is 0 Å².